The van der Waals surface area contributed by atoms with Crippen LogP contribution in [0.4, 0.5) is 4.39 Å². The summed E-state index contributed by atoms with van der Waals surface area (Å²) in [5.41, 5.74) is 2.82. The molecule has 170 valence electrons. The molecular formula is C30H36ClF. The third kappa shape index (κ3) is 5.93. The average molecular weight is 451 g/mol. The van der Waals surface area contributed by atoms with Crippen molar-refractivity contribution in [3.8, 4) is 11.1 Å². The number of hydrogen-bond donors (Lipinski definition) is 0. The van der Waals surface area contributed by atoms with Gasteiger partial charge in [-0.1, -0.05) is 119 Å². The zero-order valence-corrected chi connectivity index (χ0v) is 20.1. The second-order valence-corrected chi connectivity index (χ2v) is 10.2. The molecule has 0 amide bonds. The normalized spacial score (nSPS) is 18.8. The van der Waals surface area contributed by atoms with E-state index >= 15 is 4.39 Å². The second-order valence-electron chi connectivity index (χ2n) is 9.76. The van der Waals surface area contributed by atoms with Crippen LogP contribution in [0.15, 0.2) is 54.6 Å². The van der Waals surface area contributed by atoms with Crippen LogP contribution >= 0.6 is 11.6 Å². The van der Waals surface area contributed by atoms with E-state index in [2.05, 4.69) is 25.1 Å². The Balaban J connectivity index is 1.33. The molecule has 0 nitrogen and oxygen atoms in total. The Bertz CT molecular complexity index is 999. The molecule has 2 heteroatoms. The number of rotatable bonds is 9. The van der Waals surface area contributed by atoms with E-state index in [4.69, 9.17) is 11.6 Å². The van der Waals surface area contributed by atoms with Gasteiger partial charge in [0, 0.05) is 16.0 Å². The zero-order chi connectivity index (χ0) is 22.3. The van der Waals surface area contributed by atoms with Crippen LogP contribution in [0, 0.1) is 17.7 Å². The molecule has 0 aliphatic heterocycles. The molecule has 1 saturated carbocycles. The zero-order valence-electron chi connectivity index (χ0n) is 19.4. The Hall–Kier alpha value is -1.86. The molecule has 0 radical (unpaired) electrons. The van der Waals surface area contributed by atoms with Gasteiger partial charge < -0.3 is 0 Å². The third-order valence-corrected chi connectivity index (χ3v) is 7.70. The molecule has 0 bridgehead atoms. The number of unbranched alkanes of at least 4 members (excludes halogenated alkanes) is 3. The molecule has 0 atom stereocenters. The van der Waals surface area contributed by atoms with E-state index in [1.54, 1.807) is 0 Å². The van der Waals surface area contributed by atoms with Crippen molar-refractivity contribution in [2.45, 2.75) is 77.6 Å². The Morgan fingerprint density at radius 2 is 1.53 bits per heavy atom. The SMILES string of the molecule is CCCCCC[C@H]1CC[C@H](CCc2ccc3c(F)c(-c4ccc(Cl)cc4)ccc3c2)CC1. The molecule has 0 aromatic heterocycles. The summed E-state index contributed by atoms with van der Waals surface area (Å²) in [5.74, 6) is 1.69. The van der Waals surface area contributed by atoms with Gasteiger partial charge in [0.05, 0.1) is 0 Å². The van der Waals surface area contributed by atoms with Gasteiger partial charge in [-0.25, -0.2) is 4.39 Å². The average Bonchev–Trinajstić information content (AvgIpc) is 2.82. The van der Waals surface area contributed by atoms with Gasteiger partial charge in [-0.3, -0.25) is 0 Å². The highest BCUT2D eigenvalue weighted by molar-refractivity contribution is 6.30. The quantitative estimate of drug-likeness (QED) is 0.284. The Labute approximate surface area is 198 Å². The minimum absolute atomic E-state index is 0.145. The predicted molar refractivity (Wildman–Crippen MR) is 137 cm³/mol. The lowest BCUT2D eigenvalue weighted by Gasteiger charge is -2.28. The van der Waals surface area contributed by atoms with E-state index in [0.29, 0.717) is 16.0 Å². The summed E-state index contributed by atoms with van der Waals surface area (Å²) in [5, 5.41) is 2.36. The maximum absolute atomic E-state index is 15.2. The van der Waals surface area contributed by atoms with Crippen molar-refractivity contribution in [3.63, 3.8) is 0 Å². The fraction of sp³-hybridized carbons (Fsp3) is 0.467. The molecule has 0 heterocycles. The van der Waals surface area contributed by atoms with Crippen molar-refractivity contribution in [3.05, 3.63) is 71.0 Å². The van der Waals surface area contributed by atoms with Gasteiger partial charge in [0.25, 0.3) is 0 Å². The maximum Gasteiger partial charge on any atom is 0.138 e. The van der Waals surface area contributed by atoms with Crippen molar-refractivity contribution in [2.75, 3.05) is 0 Å². The van der Waals surface area contributed by atoms with Gasteiger partial charge in [0.1, 0.15) is 5.82 Å². The van der Waals surface area contributed by atoms with Gasteiger partial charge in [0.2, 0.25) is 0 Å². The fourth-order valence-corrected chi connectivity index (χ4v) is 5.51. The first-order valence-electron chi connectivity index (χ1n) is 12.6. The van der Waals surface area contributed by atoms with Gasteiger partial charge in [-0.15, -0.1) is 0 Å². The molecule has 3 aromatic carbocycles. The van der Waals surface area contributed by atoms with Crippen LogP contribution in [-0.2, 0) is 6.42 Å². The predicted octanol–water partition coefficient (Wildman–Crippen LogP) is 10.0. The first-order valence-corrected chi connectivity index (χ1v) is 13.0. The van der Waals surface area contributed by atoms with Crippen molar-refractivity contribution in [1.29, 1.82) is 0 Å². The molecule has 0 spiro atoms. The van der Waals surface area contributed by atoms with Gasteiger partial charge in [0.15, 0.2) is 0 Å². The highest BCUT2D eigenvalue weighted by Crippen LogP contribution is 2.35. The molecule has 0 saturated heterocycles. The standard InChI is InChI=1S/C30H36ClF/c1-2-3-4-5-6-22-7-9-23(10-8-22)11-12-24-13-19-29-26(21-24)16-20-28(30(29)32)25-14-17-27(31)18-15-25/h13-23H,2-12H2,1H3/t22-,23-. The molecule has 32 heavy (non-hydrogen) atoms. The lowest BCUT2D eigenvalue weighted by Crippen LogP contribution is -2.15. The Morgan fingerprint density at radius 3 is 2.25 bits per heavy atom. The summed E-state index contributed by atoms with van der Waals surface area (Å²) in [6.07, 6.45) is 15.0. The largest absolute Gasteiger partial charge is 0.206 e. The van der Waals surface area contributed by atoms with Crippen LogP contribution in [0.25, 0.3) is 21.9 Å². The van der Waals surface area contributed by atoms with Crippen LogP contribution in [0.1, 0.15) is 76.7 Å². The Kier molecular flexibility index (Phi) is 8.25. The van der Waals surface area contributed by atoms with Crippen LogP contribution in [0.2, 0.25) is 5.02 Å². The molecule has 4 rings (SSSR count). The minimum Gasteiger partial charge on any atom is -0.206 e. The topological polar surface area (TPSA) is 0 Å². The van der Waals surface area contributed by atoms with E-state index in [-0.39, 0.29) is 5.82 Å². The van der Waals surface area contributed by atoms with Gasteiger partial charge in [-0.05, 0) is 53.3 Å². The lowest BCUT2D eigenvalue weighted by atomic mass is 9.77. The van der Waals surface area contributed by atoms with Crippen molar-refractivity contribution in [2.24, 2.45) is 11.8 Å². The van der Waals surface area contributed by atoms with Gasteiger partial charge in [-0.2, -0.15) is 0 Å². The van der Waals surface area contributed by atoms with Crippen molar-refractivity contribution in [1.82, 2.24) is 0 Å². The summed E-state index contributed by atoms with van der Waals surface area (Å²) < 4.78 is 15.2. The van der Waals surface area contributed by atoms with Crippen molar-refractivity contribution < 1.29 is 4.39 Å². The maximum atomic E-state index is 15.2. The van der Waals surface area contributed by atoms with Gasteiger partial charge >= 0.3 is 0 Å². The number of halogens is 2. The summed E-state index contributed by atoms with van der Waals surface area (Å²) in [6, 6.07) is 17.6. The molecule has 3 aromatic rings. The lowest BCUT2D eigenvalue weighted by molar-refractivity contribution is 0.249. The summed E-state index contributed by atoms with van der Waals surface area (Å²) in [7, 11) is 0. The summed E-state index contributed by atoms with van der Waals surface area (Å²) in [6.45, 7) is 2.29. The van der Waals surface area contributed by atoms with E-state index in [1.807, 2.05) is 36.4 Å². The van der Waals surface area contributed by atoms with E-state index in [9.17, 15) is 0 Å². The number of fused-ring (bicyclic) bond motifs is 1. The van der Waals surface area contributed by atoms with Crippen LogP contribution in [0.5, 0.6) is 0 Å². The minimum atomic E-state index is -0.145. The highest BCUT2D eigenvalue weighted by Gasteiger charge is 2.20. The van der Waals surface area contributed by atoms with Crippen LogP contribution in [-0.4, -0.2) is 0 Å². The second kappa shape index (κ2) is 11.3. The third-order valence-electron chi connectivity index (χ3n) is 7.45. The number of hydrogen-bond acceptors (Lipinski definition) is 0. The highest BCUT2D eigenvalue weighted by atomic mass is 35.5. The molecule has 1 fully saturated rings. The Morgan fingerprint density at radius 1 is 0.812 bits per heavy atom. The summed E-state index contributed by atoms with van der Waals surface area (Å²) >= 11 is 5.98. The summed E-state index contributed by atoms with van der Waals surface area (Å²) in [4.78, 5) is 0. The number of benzene rings is 3. The smallest absolute Gasteiger partial charge is 0.138 e. The molecule has 1 aliphatic carbocycles. The van der Waals surface area contributed by atoms with E-state index in [1.165, 1.54) is 69.8 Å². The monoisotopic (exact) mass is 450 g/mol. The fourth-order valence-electron chi connectivity index (χ4n) is 5.39. The van der Waals surface area contributed by atoms with Crippen LogP contribution < -0.4 is 0 Å². The molecule has 0 unspecified atom stereocenters. The number of aryl methyl sites for hydroxylation is 1. The van der Waals surface area contributed by atoms with E-state index < -0.39 is 0 Å². The van der Waals surface area contributed by atoms with Crippen molar-refractivity contribution >= 4 is 22.4 Å². The molecular weight excluding hydrogens is 415 g/mol. The van der Waals surface area contributed by atoms with Crippen LogP contribution in [0.3, 0.4) is 0 Å². The molecule has 1 aliphatic rings. The molecule has 0 N–H and O–H groups in total. The van der Waals surface area contributed by atoms with E-state index in [0.717, 1.165) is 29.2 Å². The first-order chi connectivity index (χ1) is 15.6. The first kappa shape index (κ1) is 23.3.